The van der Waals surface area contributed by atoms with E-state index in [1.165, 1.54) is 31.2 Å². The Morgan fingerprint density at radius 2 is 1.81 bits per heavy atom. The fraction of sp³-hybridized carbons (Fsp3) is 0.647. The van der Waals surface area contributed by atoms with E-state index in [1.807, 2.05) is 12.1 Å². The molecule has 0 aliphatic heterocycles. The molecular formula is C17H27NO2S. The third-order valence-electron chi connectivity index (χ3n) is 4.63. The van der Waals surface area contributed by atoms with Crippen molar-refractivity contribution >= 4 is 11.8 Å². The van der Waals surface area contributed by atoms with E-state index in [9.17, 15) is 10.2 Å². The van der Waals surface area contributed by atoms with Crippen molar-refractivity contribution in [3.63, 3.8) is 0 Å². The summed E-state index contributed by atoms with van der Waals surface area (Å²) in [6.45, 7) is 2.40. The Labute approximate surface area is 132 Å². The van der Waals surface area contributed by atoms with Crippen LogP contribution < -0.4 is 5.32 Å². The van der Waals surface area contributed by atoms with Gasteiger partial charge in [0, 0.05) is 17.3 Å². The molecule has 0 spiro atoms. The van der Waals surface area contributed by atoms with Crippen LogP contribution >= 0.6 is 11.8 Å². The van der Waals surface area contributed by atoms with Crippen LogP contribution in [0, 0.1) is 0 Å². The second kappa shape index (κ2) is 8.06. The van der Waals surface area contributed by atoms with Crippen molar-refractivity contribution < 1.29 is 10.2 Å². The zero-order valence-electron chi connectivity index (χ0n) is 13.0. The summed E-state index contributed by atoms with van der Waals surface area (Å²) in [4.78, 5) is 0. The van der Waals surface area contributed by atoms with Gasteiger partial charge in [0.15, 0.2) is 0 Å². The van der Waals surface area contributed by atoms with E-state index in [4.69, 9.17) is 0 Å². The summed E-state index contributed by atoms with van der Waals surface area (Å²) in [7, 11) is 0. The fourth-order valence-corrected chi connectivity index (χ4v) is 3.89. The molecule has 0 amide bonds. The van der Waals surface area contributed by atoms with E-state index >= 15 is 0 Å². The van der Waals surface area contributed by atoms with Crippen LogP contribution in [0.25, 0.3) is 0 Å². The Morgan fingerprint density at radius 1 is 1.19 bits per heavy atom. The zero-order chi connectivity index (χ0) is 15.2. The second-order valence-electron chi connectivity index (χ2n) is 6.05. The summed E-state index contributed by atoms with van der Waals surface area (Å²) in [5.74, 6) is 0.961. The quantitative estimate of drug-likeness (QED) is 0.756. The van der Waals surface area contributed by atoms with E-state index in [1.54, 1.807) is 23.9 Å². The molecule has 1 aliphatic rings. The molecule has 0 heterocycles. The van der Waals surface area contributed by atoms with E-state index in [2.05, 4.69) is 18.5 Å². The largest absolute Gasteiger partial charge is 0.508 e. The van der Waals surface area contributed by atoms with E-state index in [-0.39, 0.29) is 11.9 Å². The minimum absolute atomic E-state index is 0.234. The van der Waals surface area contributed by atoms with E-state index < -0.39 is 0 Å². The number of aliphatic hydroxyl groups is 1. The lowest BCUT2D eigenvalue weighted by atomic mass is 9.81. The van der Waals surface area contributed by atoms with Crippen LogP contribution in [0.2, 0.25) is 0 Å². The van der Waals surface area contributed by atoms with Gasteiger partial charge in [-0.3, -0.25) is 0 Å². The van der Waals surface area contributed by atoms with Crippen LogP contribution in [-0.4, -0.2) is 40.4 Å². The highest BCUT2D eigenvalue weighted by atomic mass is 32.2. The van der Waals surface area contributed by atoms with Gasteiger partial charge >= 0.3 is 0 Å². The van der Waals surface area contributed by atoms with Gasteiger partial charge in [-0.05, 0) is 62.5 Å². The summed E-state index contributed by atoms with van der Waals surface area (Å²) in [6, 6.07) is 8.57. The first kappa shape index (κ1) is 16.7. The molecule has 1 fully saturated rings. The van der Waals surface area contributed by atoms with Crippen molar-refractivity contribution in [2.45, 2.75) is 55.9 Å². The number of nitrogens with one attached hydrogen (secondary N) is 1. The van der Waals surface area contributed by atoms with Crippen molar-refractivity contribution in [3.8, 4) is 5.75 Å². The van der Waals surface area contributed by atoms with Crippen molar-refractivity contribution in [2.75, 3.05) is 12.9 Å². The molecule has 3 nitrogen and oxygen atoms in total. The van der Waals surface area contributed by atoms with Gasteiger partial charge in [-0.25, -0.2) is 0 Å². The third-order valence-corrected chi connectivity index (χ3v) is 5.79. The van der Waals surface area contributed by atoms with E-state index in [0.29, 0.717) is 23.8 Å². The Bertz CT molecular complexity index is 411. The molecule has 3 N–H and O–H groups in total. The summed E-state index contributed by atoms with van der Waals surface area (Å²) in [6.07, 6.45) is 6.81. The SMILES string of the molecule is CSC(CO)C(C)NC1CCC(c2ccc(O)cc2)CC1. The predicted octanol–water partition coefficient (Wildman–Crippen LogP) is 3.12. The smallest absolute Gasteiger partial charge is 0.115 e. The molecule has 1 aromatic rings. The summed E-state index contributed by atoms with van der Waals surface area (Å²) in [5, 5.41) is 22.7. The first-order valence-corrected chi connectivity index (χ1v) is 9.11. The number of aliphatic hydroxyl groups excluding tert-OH is 1. The Morgan fingerprint density at radius 3 is 2.33 bits per heavy atom. The zero-order valence-corrected chi connectivity index (χ0v) is 13.8. The molecule has 1 saturated carbocycles. The maximum absolute atomic E-state index is 9.36. The highest BCUT2D eigenvalue weighted by Gasteiger charge is 2.25. The van der Waals surface area contributed by atoms with Crippen LogP contribution in [0.5, 0.6) is 5.75 Å². The van der Waals surface area contributed by atoms with Crippen molar-refractivity contribution in [3.05, 3.63) is 29.8 Å². The Hall–Kier alpha value is -0.710. The molecule has 0 radical (unpaired) electrons. The molecule has 2 unspecified atom stereocenters. The number of hydrogen-bond acceptors (Lipinski definition) is 4. The molecule has 0 aromatic heterocycles. The third kappa shape index (κ3) is 4.63. The molecule has 1 aliphatic carbocycles. The minimum atomic E-state index is 0.234. The second-order valence-corrected chi connectivity index (χ2v) is 7.13. The van der Waals surface area contributed by atoms with Gasteiger partial charge in [0.05, 0.1) is 6.61 Å². The van der Waals surface area contributed by atoms with Crippen LogP contribution in [0.3, 0.4) is 0 Å². The Kier molecular flexibility index (Phi) is 6.40. The lowest BCUT2D eigenvalue weighted by molar-refractivity contribution is 0.256. The van der Waals surface area contributed by atoms with Gasteiger partial charge < -0.3 is 15.5 Å². The monoisotopic (exact) mass is 309 g/mol. The number of hydrogen-bond donors (Lipinski definition) is 3. The summed E-state index contributed by atoms with van der Waals surface area (Å²) < 4.78 is 0. The number of rotatable bonds is 6. The lowest BCUT2D eigenvalue weighted by Gasteiger charge is -2.33. The van der Waals surface area contributed by atoms with Gasteiger partial charge in [0.1, 0.15) is 5.75 Å². The average molecular weight is 309 g/mol. The highest BCUT2D eigenvalue weighted by molar-refractivity contribution is 7.99. The number of phenols is 1. The number of phenolic OH excluding ortho intramolecular Hbond substituents is 1. The first-order valence-electron chi connectivity index (χ1n) is 7.82. The van der Waals surface area contributed by atoms with Crippen molar-refractivity contribution in [1.29, 1.82) is 0 Å². The maximum Gasteiger partial charge on any atom is 0.115 e. The standard InChI is InChI=1S/C17H27NO2S/c1-12(17(11-19)21-2)18-15-7-3-13(4-8-15)14-5-9-16(20)10-6-14/h5-6,9-10,12-13,15,17-20H,3-4,7-8,11H2,1-2H3. The fourth-order valence-electron chi connectivity index (χ4n) is 3.26. The molecule has 21 heavy (non-hydrogen) atoms. The van der Waals surface area contributed by atoms with Gasteiger partial charge in [-0.15, -0.1) is 0 Å². The average Bonchev–Trinajstić information content (AvgIpc) is 2.50. The highest BCUT2D eigenvalue weighted by Crippen LogP contribution is 2.33. The van der Waals surface area contributed by atoms with E-state index in [0.717, 1.165) is 0 Å². The van der Waals surface area contributed by atoms with Crippen LogP contribution in [-0.2, 0) is 0 Å². The molecule has 0 saturated heterocycles. The lowest BCUT2D eigenvalue weighted by Crippen LogP contribution is -2.44. The van der Waals surface area contributed by atoms with Gasteiger partial charge in [-0.2, -0.15) is 11.8 Å². The topological polar surface area (TPSA) is 52.5 Å². The van der Waals surface area contributed by atoms with Gasteiger partial charge in [0.2, 0.25) is 0 Å². The molecular weight excluding hydrogens is 282 g/mol. The molecule has 0 bridgehead atoms. The molecule has 4 heteroatoms. The van der Waals surface area contributed by atoms with Gasteiger partial charge in [-0.1, -0.05) is 12.1 Å². The van der Waals surface area contributed by atoms with Gasteiger partial charge in [0.25, 0.3) is 0 Å². The minimum Gasteiger partial charge on any atom is -0.508 e. The maximum atomic E-state index is 9.36. The Balaban J connectivity index is 1.81. The number of thioether (sulfide) groups is 1. The van der Waals surface area contributed by atoms with Crippen LogP contribution in [0.1, 0.15) is 44.1 Å². The predicted molar refractivity (Wildman–Crippen MR) is 90.1 cm³/mol. The normalized spacial score (nSPS) is 25.5. The molecule has 118 valence electrons. The number of aromatic hydroxyl groups is 1. The van der Waals surface area contributed by atoms with Crippen LogP contribution in [0.4, 0.5) is 0 Å². The molecule has 2 rings (SSSR count). The van der Waals surface area contributed by atoms with Crippen molar-refractivity contribution in [2.24, 2.45) is 0 Å². The number of benzene rings is 1. The van der Waals surface area contributed by atoms with Crippen LogP contribution in [0.15, 0.2) is 24.3 Å². The first-order chi connectivity index (χ1) is 10.1. The summed E-state index contributed by atoms with van der Waals surface area (Å²) >= 11 is 1.73. The molecule has 2 atom stereocenters. The molecule has 1 aromatic carbocycles. The van der Waals surface area contributed by atoms with Crippen molar-refractivity contribution in [1.82, 2.24) is 5.32 Å². The summed E-state index contributed by atoms with van der Waals surface area (Å²) in [5.41, 5.74) is 1.34.